The molecule has 0 radical (unpaired) electrons. The molecule has 0 bridgehead atoms. The molecule has 3 aromatic heterocycles. The number of sulfone groups is 1. The minimum absolute atomic E-state index is 0.0981. The molecular formula is C28H27N5O4S. The van der Waals surface area contributed by atoms with Gasteiger partial charge in [0.25, 0.3) is 5.91 Å². The number of aromatic nitrogens is 3. The van der Waals surface area contributed by atoms with Crippen LogP contribution in [0.25, 0.3) is 22.3 Å². The molecule has 9 nitrogen and oxygen atoms in total. The standard InChI is InChI=1S/C28H27N5O4S/c34-28(19-6-7-21-18-37-12-13-38(35,36)26(21)14-19)30-17-22-15-25-20(16-29-22)8-9-24(31-25)23-4-3-5-27(32-23)33-10-1-2-11-33/h3-9,14-16H,1-2,10-13,17-18H2,(H,30,34). The predicted molar refractivity (Wildman–Crippen MR) is 144 cm³/mol. The maximum atomic E-state index is 12.9. The zero-order chi connectivity index (χ0) is 26.1. The minimum Gasteiger partial charge on any atom is -0.376 e. The van der Waals surface area contributed by atoms with E-state index in [1.165, 1.54) is 18.9 Å². The van der Waals surface area contributed by atoms with Gasteiger partial charge in [0.2, 0.25) is 0 Å². The average Bonchev–Trinajstić information content (AvgIpc) is 3.44. The van der Waals surface area contributed by atoms with Crippen LogP contribution in [0.5, 0.6) is 0 Å². The zero-order valence-corrected chi connectivity index (χ0v) is 21.6. The van der Waals surface area contributed by atoms with E-state index in [1.807, 2.05) is 36.4 Å². The molecule has 6 rings (SSSR count). The summed E-state index contributed by atoms with van der Waals surface area (Å²) < 4.78 is 30.5. The SMILES string of the molecule is O=C(NCc1cc2nc(-c3cccc(N4CCCC4)n3)ccc2cn1)c1ccc2c(c1)S(=O)(=O)CCOC2. The van der Waals surface area contributed by atoms with Crippen LogP contribution in [0.15, 0.2) is 65.7 Å². The van der Waals surface area contributed by atoms with E-state index in [9.17, 15) is 13.2 Å². The van der Waals surface area contributed by atoms with Gasteiger partial charge in [-0.1, -0.05) is 12.1 Å². The highest BCUT2D eigenvalue weighted by Crippen LogP contribution is 2.25. The van der Waals surface area contributed by atoms with Gasteiger partial charge in [-0.3, -0.25) is 9.78 Å². The van der Waals surface area contributed by atoms with E-state index in [0.717, 1.165) is 41.2 Å². The largest absolute Gasteiger partial charge is 0.376 e. The molecule has 10 heteroatoms. The highest BCUT2D eigenvalue weighted by atomic mass is 32.2. The summed E-state index contributed by atoms with van der Waals surface area (Å²) in [5.41, 5.74) is 3.83. The van der Waals surface area contributed by atoms with Gasteiger partial charge in [0.1, 0.15) is 5.82 Å². The van der Waals surface area contributed by atoms with E-state index < -0.39 is 9.84 Å². The molecule has 194 valence electrons. The highest BCUT2D eigenvalue weighted by Gasteiger charge is 2.23. The van der Waals surface area contributed by atoms with Crippen molar-refractivity contribution < 1.29 is 17.9 Å². The summed E-state index contributed by atoms with van der Waals surface area (Å²) in [7, 11) is -3.49. The molecular weight excluding hydrogens is 502 g/mol. The molecule has 38 heavy (non-hydrogen) atoms. The van der Waals surface area contributed by atoms with Crippen molar-refractivity contribution in [2.75, 3.05) is 30.3 Å². The number of carbonyl (C=O) groups excluding carboxylic acids is 1. The number of pyridine rings is 3. The van der Waals surface area contributed by atoms with Crippen molar-refractivity contribution in [2.45, 2.75) is 30.9 Å². The molecule has 1 fully saturated rings. The van der Waals surface area contributed by atoms with E-state index in [1.54, 1.807) is 18.3 Å². The Morgan fingerprint density at radius 3 is 2.71 bits per heavy atom. The van der Waals surface area contributed by atoms with Crippen molar-refractivity contribution in [3.63, 3.8) is 0 Å². The molecule has 0 spiro atoms. The lowest BCUT2D eigenvalue weighted by atomic mass is 10.1. The summed E-state index contributed by atoms with van der Waals surface area (Å²) in [6, 6.07) is 16.5. The van der Waals surface area contributed by atoms with Gasteiger partial charge in [-0.25, -0.2) is 18.4 Å². The number of anilines is 1. The molecule has 1 N–H and O–H groups in total. The second-order valence-corrected chi connectivity index (χ2v) is 11.6. The fourth-order valence-electron chi connectivity index (χ4n) is 4.82. The molecule has 1 amide bonds. The Labute approximate surface area is 220 Å². The summed E-state index contributed by atoms with van der Waals surface area (Å²) in [6.07, 6.45) is 4.11. The van der Waals surface area contributed by atoms with Gasteiger partial charge in [0.15, 0.2) is 9.84 Å². The quantitative estimate of drug-likeness (QED) is 0.418. The molecule has 2 aliphatic rings. The van der Waals surface area contributed by atoms with Gasteiger partial charge < -0.3 is 15.0 Å². The van der Waals surface area contributed by atoms with Gasteiger partial charge >= 0.3 is 0 Å². The molecule has 2 aliphatic heterocycles. The maximum absolute atomic E-state index is 12.9. The first-order chi connectivity index (χ1) is 18.5. The number of hydrogen-bond acceptors (Lipinski definition) is 8. The van der Waals surface area contributed by atoms with Gasteiger partial charge in [0.05, 0.1) is 53.0 Å². The maximum Gasteiger partial charge on any atom is 0.251 e. The van der Waals surface area contributed by atoms with Crippen LogP contribution in [0.3, 0.4) is 0 Å². The lowest BCUT2D eigenvalue weighted by Crippen LogP contribution is -2.23. The molecule has 0 unspecified atom stereocenters. The smallest absolute Gasteiger partial charge is 0.251 e. The molecule has 5 heterocycles. The van der Waals surface area contributed by atoms with Crippen LogP contribution in [-0.4, -0.2) is 54.7 Å². The Balaban J connectivity index is 1.20. The Kier molecular flexibility index (Phi) is 6.50. The molecule has 0 aliphatic carbocycles. The van der Waals surface area contributed by atoms with Crippen LogP contribution >= 0.6 is 0 Å². The number of carbonyl (C=O) groups is 1. The first-order valence-electron chi connectivity index (χ1n) is 12.7. The van der Waals surface area contributed by atoms with Crippen LogP contribution in [0.1, 0.15) is 34.5 Å². The van der Waals surface area contributed by atoms with E-state index >= 15 is 0 Å². The Bertz CT molecular complexity index is 1630. The van der Waals surface area contributed by atoms with Crippen molar-refractivity contribution in [3.8, 4) is 11.4 Å². The second kappa shape index (κ2) is 10.1. The van der Waals surface area contributed by atoms with Crippen LogP contribution < -0.4 is 10.2 Å². The number of benzene rings is 1. The topological polar surface area (TPSA) is 114 Å². The fraction of sp³-hybridized carbons (Fsp3) is 0.286. The number of nitrogens with one attached hydrogen (secondary N) is 1. The zero-order valence-electron chi connectivity index (χ0n) is 20.8. The molecule has 0 saturated carbocycles. The summed E-state index contributed by atoms with van der Waals surface area (Å²) >= 11 is 0. The summed E-state index contributed by atoms with van der Waals surface area (Å²) in [5, 5.41) is 3.73. The Hall–Kier alpha value is -3.89. The van der Waals surface area contributed by atoms with Gasteiger partial charge in [-0.2, -0.15) is 0 Å². The number of rotatable bonds is 5. The van der Waals surface area contributed by atoms with E-state index in [-0.39, 0.29) is 41.9 Å². The number of nitrogens with zero attached hydrogens (tertiary/aromatic N) is 4. The Morgan fingerprint density at radius 2 is 1.84 bits per heavy atom. The first kappa shape index (κ1) is 24.4. The lowest BCUT2D eigenvalue weighted by Gasteiger charge is -2.16. The summed E-state index contributed by atoms with van der Waals surface area (Å²) in [6.45, 7) is 2.58. The highest BCUT2D eigenvalue weighted by molar-refractivity contribution is 7.91. The van der Waals surface area contributed by atoms with Gasteiger partial charge in [-0.05, 0) is 60.9 Å². The van der Waals surface area contributed by atoms with Crippen molar-refractivity contribution in [1.29, 1.82) is 0 Å². The van der Waals surface area contributed by atoms with Crippen molar-refractivity contribution in [2.24, 2.45) is 0 Å². The fourth-order valence-corrected chi connectivity index (χ4v) is 6.21. The lowest BCUT2D eigenvalue weighted by molar-refractivity contribution is 0.0950. The monoisotopic (exact) mass is 529 g/mol. The third-order valence-corrected chi connectivity index (χ3v) is 8.66. The number of hydrogen-bond donors (Lipinski definition) is 1. The molecule has 1 saturated heterocycles. The first-order valence-corrected chi connectivity index (χ1v) is 14.3. The minimum atomic E-state index is -3.49. The number of amides is 1. The predicted octanol–water partition coefficient (Wildman–Crippen LogP) is 3.53. The average molecular weight is 530 g/mol. The van der Waals surface area contributed by atoms with E-state index in [2.05, 4.69) is 15.2 Å². The summed E-state index contributed by atoms with van der Waals surface area (Å²) in [4.78, 5) is 29.4. The van der Waals surface area contributed by atoms with Gasteiger partial charge in [0, 0.05) is 30.2 Å². The van der Waals surface area contributed by atoms with Crippen molar-refractivity contribution in [3.05, 3.63) is 77.6 Å². The number of ether oxygens (including phenoxy) is 1. The van der Waals surface area contributed by atoms with Gasteiger partial charge in [-0.15, -0.1) is 0 Å². The van der Waals surface area contributed by atoms with Crippen LogP contribution in [0.2, 0.25) is 0 Å². The van der Waals surface area contributed by atoms with Crippen molar-refractivity contribution in [1.82, 2.24) is 20.3 Å². The van der Waals surface area contributed by atoms with Crippen molar-refractivity contribution >= 4 is 32.5 Å². The van der Waals surface area contributed by atoms with Crippen LogP contribution in [-0.2, 0) is 27.7 Å². The summed E-state index contributed by atoms with van der Waals surface area (Å²) in [5.74, 6) is 0.497. The Morgan fingerprint density at radius 1 is 1.00 bits per heavy atom. The molecule has 0 atom stereocenters. The third kappa shape index (κ3) is 4.97. The molecule has 4 aromatic rings. The van der Waals surface area contributed by atoms with Crippen LogP contribution in [0, 0.1) is 0 Å². The second-order valence-electron chi connectivity index (χ2n) is 9.52. The normalized spacial score (nSPS) is 16.7. The molecule has 1 aromatic carbocycles. The van der Waals surface area contributed by atoms with E-state index in [4.69, 9.17) is 14.7 Å². The number of fused-ring (bicyclic) bond motifs is 2. The van der Waals surface area contributed by atoms with Crippen LogP contribution in [0.4, 0.5) is 5.82 Å². The van der Waals surface area contributed by atoms with E-state index in [0.29, 0.717) is 11.3 Å². The third-order valence-electron chi connectivity index (χ3n) is 6.91.